The van der Waals surface area contributed by atoms with Crippen LogP contribution in [0, 0.1) is 6.92 Å². The van der Waals surface area contributed by atoms with E-state index in [1.54, 1.807) is 6.07 Å². The SMILES string of the molecule is Cc1ccccc1CC(CN)c1cccc(Cl)c1Cl. The van der Waals surface area contributed by atoms with Gasteiger partial charge in [-0.25, -0.2) is 0 Å². The molecule has 0 saturated carbocycles. The summed E-state index contributed by atoms with van der Waals surface area (Å²) in [4.78, 5) is 0. The molecule has 1 unspecified atom stereocenters. The molecule has 0 aliphatic carbocycles. The zero-order chi connectivity index (χ0) is 13.8. The topological polar surface area (TPSA) is 26.0 Å². The molecular weight excluding hydrogens is 277 g/mol. The van der Waals surface area contributed by atoms with Crippen molar-refractivity contribution < 1.29 is 0 Å². The van der Waals surface area contributed by atoms with Crippen molar-refractivity contribution in [3.05, 3.63) is 69.2 Å². The van der Waals surface area contributed by atoms with Gasteiger partial charge in [-0.1, -0.05) is 59.6 Å². The van der Waals surface area contributed by atoms with E-state index < -0.39 is 0 Å². The molecule has 2 aromatic rings. The summed E-state index contributed by atoms with van der Waals surface area (Å²) in [5.74, 6) is 0.187. The summed E-state index contributed by atoms with van der Waals surface area (Å²) in [5.41, 5.74) is 9.52. The molecule has 0 saturated heterocycles. The van der Waals surface area contributed by atoms with Gasteiger partial charge in [0.2, 0.25) is 0 Å². The highest BCUT2D eigenvalue weighted by Gasteiger charge is 2.16. The Labute approximate surface area is 124 Å². The minimum absolute atomic E-state index is 0.187. The van der Waals surface area contributed by atoms with E-state index in [2.05, 4.69) is 25.1 Å². The Morgan fingerprint density at radius 3 is 2.47 bits per heavy atom. The maximum atomic E-state index is 6.29. The number of hydrogen-bond acceptors (Lipinski definition) is 1. The van der Waals surface area contributed by atoms with Gasteiger partial charge in [-0.3, -0.25) is 0 Å². The predicted molar refractivity (Wildman–Crippen MR) is 83.1 cm³/mol. The largest absolute Gasteiger partial charge is 0.330 e. The first-order valence-electron chi connectivity index (χ1n) is 6.32. The maximum Gasteiger partial charge on any atom is 0.0627 e. The van der Waals surface area contributed by atoms with Crippen LogP contribution in [0.3, 0.4) is 0 Å². The molecule has 19 heavy (non-hydrogen) atoms. The first-order chi connectivity index (χ1) is 9.13. The molecule has 0 heterocycles. The van der Waals surface area contributed by atoms with Gasteiger partial charge in [0.15, 0.2) is 0 Å². The third-order valence-corrected chi connectivity index (χ3v) is 4.27. The number of hydrogen-bond donors (Lipinski definition) is 1. The Hall–Kier alpha value is -1.02. The molecule has 2 N–H and O–H groups in total. The third-order valence-electron chi connectivity index (χ3n) is 3.43. The molecule has 0 aliphatic rings. The van der Waals surface area contributed by atoms with Crippen molar-refractivity contribution in [3.8, 4) is 0 Å². The van der Waals surface area contributed by atoms with Crippen LogP contribution in [0.25, 0.3) is 0 Å². The highest BCUT2D eigenvalue weighted by Crippen LogP contribution is 2.32. The summed E-state index contributed by atoms with van der Waals surface area (Å²) < 4.78 is 0. The van der Waals surface area contributed by atoms with E-state index in [9.17, 15) is 0 Å². The number of benzene rings is 2. The summed E-state index contributed by atoms with van der Waals surface area (Å²) in [6.45, 7) is 2.66. The van der Waals surface area contributed by atoms with E-state index in [4.69, 9.17) is 28.9 Å². The highest BCUT2D eigenvalue weighted by molar-refractivity contribution is 6.42. The average Bonchev–Trinajstić information content (AvgIpc) is 2.41. The lowest BCUT2D eigenvalue weighted by atomic mass is 9.90. The second kappa shape index (κ2) is 6.42. The molecular formula is C16H17Cl2N. The maximum absolute atomic E-state index is 6.29. The average molecular weight is 294 g/mol. The Balaban J connectivity index is 2.31. The van der Waals surface area contributed by atoms with Crippen molar-refractivity contribution in [1.29, 1.82) is 0 Å². The van der Waals surface area contributed by atoms with Crippen molar-refractivity contribution in [2.75, 3.05) is 6.54 Å². The first-order valence-corrected chi connectivity index (χ1v) is 7.07. The van der Waals surface area contributed by atoms with Crippen molar-refractivity contribution in [2.24, 2.45) is 5.73 Å². The molecule has 2 rings (SSSR count). The molecule has 100 valence electrons. The van der Waals surface area contributed by atoms with Crippen LogP contribution in [0.15, 0.2) is 42.5 Å². The molecule has 0 radical (unpaired) electrons. The van der Waals surface area contributed by atoms with Crippen molar-refractivity contribution in [2.45, 2.75) is 19.3 Å². The summed E-state index contributed by atoms with van der Waals surface area (Å²) in [5, 5.41) is 1.20. The van der Waals surface area contributed by atoms with Crippen molar-refractivity contribution in [3.63, 3.8) is 0 Å². The predicted octanol–water partition coefficient (Wildman–Crippen LogP) is 4.59. The Kier molecular flexibility index (Phi) is 4.87. The van der Waals surface area contributed by atoms with Gasteiger partial charge in [0.1, 0.15) is 0 Å². The summed E-state index contributed by atoms with van der Waals surface area (Å²) >= 11 is 12.4. The zero-order valence-corrected chi connectivity index (χ0v) is 12.4. The fraction of sp³-hybridized carbons (Fsp3) is 0.250. The molecule has 0 spiro atoms. The minimum Gasteiger partial charge on any atom is -0.330 e. The lowest BCUT2D eigenvalue weighted by molar-refractivity contribution is 0.692. The van der Waals surface area contributed by atoms with Gasteiger partial charge in [-0.05, 0) is 42.6 Å². The van der Waals surface area contributed by atoms with Gasteiger partial charge in [0, 0.05) is 5.92 Å². The molecule has 0 aliphatic heterocycles. The van der Waals surface area contributed by atoms with Crippen molar-refractivity contribution in [1.82, 2.24) is 0 Å². The van der Waals surface area contributed by atoms with Crippen LogP contribution in [-0.2, 0) is 6.42 Å². The van der Waals surface area contributed by atoms with E-state index >= 15 is 0 Å². The summed E-state index contributed by atoms with van der Waals surface area (Å²) in [6.07, 6.45) is 0.878. The third kappa shape index (κ3) is 3.30. The second-order valence-corrected chi connectivity index (χ2v) is 5.49. The molecule has 1 atom stereocenters. The normalized spacial score (nSPS) is 12.4. The van der Waals surface area contributed by atoms with Gasteiger partial charge >= 0.3 is 0 Å². The summed E-state index contributed by atoms with van der Waals surface area (Å²) in [7, 11) is 0. The van der Waals surface area contributed by atoms with Crippen LogP contribution in [-0.4, -0.2) is 6.54 Å². The smallest absolute Gasteiger partial charge is 0.0627 e. The Morgan fingerprint density at radius 2 is 1.79 bits per heavy atom. The van der Waals surface area contributed by atoms with Crippen LogP contribution in [0.2, 0.25) is 10.0 Å². The van der Waals surface area contributed by atoms with Crippen LogP contribution in [0.4, 0.5) is 0 Å². The van der Waals surface area contributed by atoms with E-state index in [1.165, 1.54) is 11.1 Å². The summed E-state index contributed by atoms with van der Waals surface area (Å²) in [6, 6.07) is 14.1. The monoisotopic (exact) mass is 293 g/mol. The van der Waals surface area contributed by atoms with Crippen LogP contribution in [0.1, 0.15) is 22.6 Å². The highest BCUT2D eigenvalue weighted by atomic mass is 35.5. The van der Waals surface area contributed by atoms with Crippen molar-refractivity contribution >= 4 is 23.2 Å². The molecule has 0 aromatic heterocycles. The standard InChI is InChI=1S/C16H17Cl2N/c1-11-5-2-3-6-12(11)9-13(10-19)14-7-4-8-15(17)16(14)18/h2-8,13H,9-10,19H2,1H3. The van der Waals surface area contributed by atoms with E-state index in [1.807, 2.05) is 18.2 Å². The molecule has 1 nitrogen and oxygen atoms in total. The van der Waals surface area contributed by atoms with Gasteiger partial charge < -0.3 is 5.73 Å². The lowest BCUT2D eigenvalue weighted by Gasteiger charge is -2.18. The molecule has 0 bridgehead atoms. The minimum atomic E-state index is 0.187. The van der Waals surface area contributed by atoms with Gasteiger partial charge in [-0.2, -0.15) is 0 Å². The molecule has 3 heteroatoms. The lowest BCUT2D eigenvalue weighted by Crippen LogP contribution is -2.16. The zero-order valence-electron chi connectivity index (χ0n) is 10.9. The Morgan fingerprint density at radius 1 is 1.05 bits per heavy atom. The Bertz CT molecular complexity index is 566. The van der Waals surface area contributed by atoms with E-state index in [0.717, 1.165) is 12.0 Å². The van der Waals surface area contributed by atoms with Gasteiger partial charge in [0.25, 0.3) is 0 Å². The molecule has 0 fully saturated rings. The van der Waals surface area contributed by atoms with Gasteiger partial charge in [-0.15, -0.1) is 0 Å². The van der Waals surface area contributed by atoms with Crippen LogP contribution < -0.4 is 5.73 Å². The van der Waals surface area contributed by atoms with Crippen LogP contribution >= 0.6 is 23.2 Å². The second-order valence-electron chi connectivity index (χ2n) is 4.71. The number of aryl methyl sites for hydroxylation is 1. The fourth-order valence-electron chi connectivity index (χ4n) is 2.26. The fourth-order valence-corrected chi connectivity index (χ4v) is 2.72. The number of rotatable bonds is 4. The molecule has 2 aromatic carbocycles. The quantitative estimate of drug-likeness (QED) is 0.877. The number of halogens is 2. The molecule has 0 amide bonds. The van der Waals surface area contributed by atoms with E-state index in [-0.39, 0.29) is 5.92 Å². The van der Waals surface area contributed by atoms with Crippen LogP contribution in [0.5, 0.6) is 0 Å². The van der Waals surface area contributed by atoms with E-state index in [0.29, 0.717) is 16.6 Å². The number of nitrogens with two attached hydrogens (primary N) is 1. The van der Waals surface area contributed by atoms with Gasteiger partial charge in [0.05, 0.1) is 10.0 Å². The first kappa shape index (κ1) is 14.4.